The van der Waals surface area contributed by atoms with Gasteiger partial charge >= 0.3 is 20.4 Å². The summed E-state index contributed by atoms with van der Waals surface area (Å²) in [6.45, 7) is 1.73. The number of oxime groups is 1. The van der Waals surface area contributed by atoms with E-state index in [1.165, 1.54) is 0 Å². The van der Waals surface area contributed by atoms with Gasteiger partial charge in [0.25, 0.3) is 0 Å². The van der Waals surface area contributed by atoms with Crippen molar-refractivity contribution in [2.75, 3.05) is 0 Å². The average molecular weight is 290 g/mol. The van der Waals surface area contributed by atoms with Gasteiger partial charge in [0.1, 0.15) is 0 Å². The van der Waals surface area contributed by atoms with Crippen LogP contribution in [-0.2, 0) is 20.4 Å². The molecule has 0 unspecified atom stereocenters. The van der Waals surface area contributed by atoms with Crippen molar-refractivity contribution in [3.05, 3.63) is 42.3 Å². The zero-order chi connectivity index (χ0) is 9.40. The third-order valence-corrected chi connectivity index (χ3v) is 1.25. The molecule has 0 bridgehead atoms. The van der Waals surface area contributed by atoms with E-state index in [1.54, 1.807) is 13.0 Å². The van der Waals surface area contributed by atoms with Crippen LogP contribution in [0, 0.1) is 12.4 Å². The molecule has 74 valence electrons. The summed E-state index contributed by atoms with van der Waals surface area (Å²) in [5.41, 5.74) is 1.41. The van der Waals surface area contributed by atoms with Crippen LogP contribution in [0.5, 0.6) is 0 Å². The maximum atomic E-state index is 8.36. The van der Waals surface area contributed by atoms with E-state index >= 15 is 0 Å². The minimum Gasteiger partial charge on any atom is -0.420 e. The van der Waals surface area contributed by atoms with E-state index in [1.807, 2.05) is 18.2 Å². The van der Waals surface area contributed by atoms with Crippen molar-refractivity contribution in [3.63, 3.8) is 0 Å². The van der Waals surface area contributed by atoms with Crippen molar-refractivity contribution < 1.29 is 25.6 Å². The summed E-state index contributed by atoms with van der Waals surface area (Å²) in [5.74, 6) is 0. The first kappa shape index (κ1) is 15.1. The Labute approximate surface area is 97.3 Å². The van der Waals surface area contributed by atoms with Gasteiger partial charge in [-0.1, -0.05) is 6.92 Å². The third-order valence-electron chi connectivity index (χ3n) is 1.25. The van der Waals surface area contributed by atoms with Gasteiger partial charge in [0.05, 0.1) is 0 Å². The van der Waals surface area contributed by atoms with Crippen molar-refractivity contribution in [2.24, 2.45) is 5.16 Å². The van der Waals surface area contributed by atoms with Gasteiger partial charge in [0.15, 0.2) is 0 Å². The summed E-state index contributed by atoms with van der Waals surface area (Å²) >= 11 is 4.39. The minimum absolute atomic E-state index is 0. The summed E-state index contributed by atoms with van der Waals surface area (Å²) in [6, 6.07) is 10.3. The van der Waals surface area contributed by atoms with Gasteiger partial charge in [-0.05, 0) is 0 Å². The fourth-order valence-electron chi connectivity index (χ4n) is 0.672. The predicted molar refractivity (Wildman–Crippen MR) is 50.5 cm³/mol. The van der Waals surface area contributed by atoms with Crippen LogP contribution < -0.4 is 0 Å². The Morgan fingerprint density at radius 3 is 2.54 bits per heavy atom. The SMILES string of the molecule is C/C(=N\O)c1[c-]cccc1.[CH2-]Cl.[Pd+2]. The normalized spacial score (nSPS) is 9.31. The van der Waals surface area contributed by atoms with Crippen molar-refractivity contribution in [2.45, 2.75) is 6.92 Å². The first-order chi connectivity index (χ1) is 5.84. The zero-order valence-electron chi connectivity index (χ0n) is 7.11. The maximum Gasteiger partial charge on any atom is 2.00 e. The summed E-state index contributed by atoms with van der Waals surface area (Å²) in [7, 11) is 0. The van der Waals surface area contributed by atoms with Crippen LogP contribution in [0.1, 0.15) is 12.5 Å². The molecule has 0 amide bonds. The van der Waals surface area contributed by atoms with Crippen LogP contribution in [-0.4, -0.2) is 10.9 Å². The summed E-state index contributed by atoms with van der Waals surface area (Å²) in [4.78, 5) is 0. The van der Waals surface area contributed by atoms with Crippen LogP contribution in [0.25, 0.3) is 0 Å². The minimum atomic E-state index is 0. The standard InChI is InChI=1S/C8H8NO.CH2Cl.Pd/c1-7(9-10)8-5-3-2-4-6-8;1-2;/h2-5,10H,1H3;1H2;/q2*-1;+2/b9-7+;;. The molecule has 4 heteroatoms. The average Bonchev–Trinajstić information content (AvgIpc) is 2.21. The molecule has 0 aliphatic heterocycles. The molecule has 0 atom stereocenters. The number of benzene rings is 1. The van der Waals surface area contributed by atoms with Crippen molar-refractivity contribution in [3.8, 4) is 0 Å². The van der Waals surface area contributed by atoms with Crippen molar-refractivity contribution in [1.82, 2.24) is 0 Å². The summed E-state index contributed by atoms with van der Waals surface area (Å²) in [6.07, 6.45) is 2.72. The summed E-state index contributed by atoms with van der Waals surface area (Å²) in [5, 5.41) is 11.4. The van der Waals surface area contributed by atoms with Crippen LogP contribution in [0.3, 0.4) is 0 Å². The largest absolute Gasteiger partial charge is 2.00 e. The van der Waals surface area contributed by atoms with E-state index in [2.05, 4.69) is 29.2 Å². The Kier molecular flexibility index (Phi) is 11.3. The number of hydrogen-bond donors (Lipinski definition) is 1. The van der Waals surface area contributed by atoms with Crippen molar-refractivity contribution >= 4 is 17.3 Å². The number of hydrogen-bond acceptors (Lipinski definition) is 2. The Morgan fingerprint density at radius 2 is 2.15 bits per heavy atom. The molecule has 0 spiro atoms. The molecule has 0 aliphatic rings. The quantitative estimate of drug-likeness (QED) is 0.279. The Hall–Kier alpha value is -0.358. The van der Waals surface area contributed by atoms with Gasteiger partial charge in [-0.2, -0.15) is 0 Å². The molecular formula is C9H10ClNOPd. The fourth-order valence-corrected chi connectivity index (χ4v) is 0.672. The third kappa shape index (κ3) is 5.82. The van der Waals surface area contributed by atoms with Crippen LogP contribution in [0.15, 0.2) is 29.4 Å². The molecule has 0 aromatic heterocycles. The first-order valence-electron chi connectivity index (χ1n) is 3.27. The van der Waals surface area contributed by atoms with Gasteiger partial charge < -0.3 is 16.8 Å². The second kappa shape index (κ2) is 9.73. The Balaban J connectivity index is 0. The van der Waals surface area contributed by atoms with Gasteiger partial charge in [-0.25, -0.2) is 0 Å². The Bertz CT molecular complexity index is 239. The first-order valence-corrected chi connectivity index (χ1v) is 3.80. The van der Waals surface area contributed by atoms with E-state index in [0.29, 0.717) is 5.71 Å². The van der Waals surface area contributed by atoms with E-state index in [0.717, 1.165) is 5.56 Å². The molecule has 0 radical (unpaired) electrons. The molecule has 1 aromatic rings. The van der Waals surface area contributed by atoms with Gasteiger partial charge in [-0.15, -0.1) is 41.1 Å². The van der Waals surface area contributed by atoms with Gasteiger partial charge in [0.2, 0.25) is 0 Å². The molecule has 13 heavy (non-hydrogen) atoms. The van der Waals surface area contributed by atoms with E-state index in [9.17, 15) is 0 Å². The zero-order valence-corrected chi connectivity index (χ0v) is 9.42. The maximum absolute atomic E-state index is 8.36. The number of nitrogens with zero attached hydrogens (tertiary/aromatic N) is 1. The second-order valence-electron chi connectivity index (χ2n) is 1.96. The molecule has 2 nitrogen and oxygen atoms in total. The molecule has 1 aromatic carbocycles. The van der Waals surface area contributed by atoms with Crippen LogP contribution in [0.2, 0.25) is 0 Å². The summed E-state index contributed by atoms with van der Waals surface area (Å²) < 4.78 is 0. The topological polar surface area (TPSA) is 32.6 Å². The Morgan fingerprint density at radius 1 is 1.54 bits per heavy atom. The number of rotatable bonds is 1. The molecular weight excluding hydrogens is 280 g/mol. The van der Waals surface area contributed by atoms with Crippen molar-refractivity contribution in [1.29, 1.82) is 0 Å². The van der Waals surface area contributed by atoms with Crippen LogP contribution in [0.4, 0.5) is 0 Å². The van der Waals surface area contributed by atoms with Crippen LogP contribution >= 0.6 is 11.6 Å². The molecule has 1 N–H and O–H groups in total. The van der Waals surface area contributed by atoms with E-state index < -0.39 is 0 Å². The molecule has 0 heterocycles. The predicted octanol–water partition coefficient (Wildman–Crippen LogP) is 2.70. The molecule has 0 fully saturated rings. The second-order valence-corrected chi connectivity index (χ2v) is 1.96. The molecule has 0 saturated carbocycles. The number of halogens is 1. The molecule has 0 saturated heterocycles. The van der Waals surface area contributed by atoms with E-state index in [4.69, 9.17) is 5.21 Å². The van der Waals surface area contributed by atoms with Gasteiger partial charge in [0, 0.05) is 5.71 Å². The van der Waals surface area contributed by atoms with Gasteiger partial charge in [-0.3, -0.25) is 6.38 Å². The smallest absolute Gasteiger partial charge is 0.420 e. The van der Waals surface area contributed by atoms with E-state index in [-0.39, 0.29) is 20.4 Å². The molecule has 0 aliphatic carbocycles. The fraction of sp³-hybridized carbons (Fsp3) is 0.111. The monoisotopic (exact) mass is 289 g/mol. The molecule has 1 rings (SSSR count).